The lowest BCUT2D eigenvalue weighted by molar-refractivity contribution is -0.160. The van der Waals surface area contributed by atoms with Crippen LogP contribution in [0.3, 0.4) is 0 Å². The molecule has 4 aromatic rings. The van der Waals surface area contributed by atoms with Crippen LogP contribution in [0.4, 0.5) is 11.4 Å². The summed E-state index contributed by atoms with van der Waals surface area (Å²) in [7, 11) is 1.44. The molecule has 3 aliphatic rings. The van der Waals surface area contributed by atoms with Crippen molar-refractivity contribution in [3.63, 3.8) is 0 Å². The van der Waals surface area contributed by atoms with Crippen molar-refractivity contribution in [2.75, 3.05) is 43.5 Å². The number of phenols is 1. The summed E-state index contributed by atoms with van der Waals surface area (Å²) in [4.78, 5) is 64.5. The molecule has 1 amide bonds. The first-order chi connectivity index (χ1) is 31.6. The van der Waals surface area contributed by atoms with Gasteiger partial charge in [0.15, 0.2) is 22.4 Å². The summed E-state index contributed by atoms with van der Waals surface area (Å²) >= 11 is 0. The van der Waals surface area contributed by atoms with Crippen LogP contribution in [-0.4, -0.2) is 112 Å². The van der Waals surface area contributed by atoms with Crippen LogP contribution in [0.1, 0.15) is 67.9 Å². The van der Waals surface area contributed by atoms with E-state index in [-0.39, 0.29) is 60.8 Å². The fraction of sp³-hybridized carbons (Fsp3) is 0.500. The van der Waals surface area contributed by atoms with Crippen molar-refractivity contribution in [1.29, 1.82) is 0 Å². The molecule has 0 spiro atoms. The van der Waals surface area contributed by atoms with Gasteiger partial charge in [-0.3, -0.25) is 24.1 Å². The number of esters is 1. The molecule has 0 radical (unpaired) electrons. The van der Waals surface area contributed by atoms with E-state index in [4.69, 9.17) is 28.3 Å². The summed E-state index contributed by atoms with van der Waals surface area (Å²) in [5.74, 6) is -6.93. The molecule has 1 aromatic heterocycles. The highest BCUT2D eigenvalue weighted by Gasteiger charge is 2.44. The number of aliphatic hydroxyl groups is 3. The maximum absolute atomic E-state index is 14.9. The van der Waals surface area contributed by atoms with Gasteiger partial charge in [-0.2, -0.15) is 0 Å². The van der Waals surface area contributed by atoms with E-state index in [9.17, 15) is 39.6 Å². The molecular formula is C50H62N4O13. The van der Waals surface area contributed by atoms with Gasteiger partial charge in [0.2, 0.25) is 10.9 Å². The number of carbonyl (C=O) groups is 2. The number of ether oxygens (including phenoxy) is 4. The van der Waals surface area contributed by atoms with Gasteiger partial charge in [-0.15, -0.1) is 0 Å². The number of carbonyl (C=O) groups excluding carboxylic acids is 2. The lowest BCUT2D eigenvalue weighted by Gasteiger charge is -2.38. The smallest absolute Gasteiger partial charge is 0.307 e. The van der Waals surface area contributed by atoms with Gasteiger partial charge in [-0.1, -0.05) is 45.9 Å². The van der Waals surface area contributed by atoms with Crippen molar-refractivity contribution >= 4 is 62.0 Å². The number of nitrogens with one attached hydrogen (secondary N) is 1. The molecule has 5 N–H and O–H groups in total. The van der Waals surface area contributed by atoms with Gasteiger partial charge >= 0.3 is 11.8 Å². The third-order valence-corrected chi connectivity index (χ3v) is 13.8. The van der Waals surface area contributed by atoms with E-state index in [1.807, 2.05) is 0 Å². The monoisotopic (exact) mass is 926 g/mol. The fourth-order valence-corrected chi connectivity index (χ4v) is 9.56. The first-order valence-corrected chi connectivity index (χ1v) is 22.7. The molecule has 3 aliphatic heterocycles. The first-order valence-electron chi connectivity index (χ1n) is 22.7. The minimum absolute atomic E-state index is 0.0359. The molecule has 0 aliphatic carbocycles. The maximum atomic E-state index is 14.9. The van der Waals surface area contributed by atoms with E-state index < -0.39 is 88.1 Å². The quantitative estimate of drug-likeness (QED) is 0.102. The fourth-order valence-electron chi connectivity index (χ4n) is 9.56. The van der Waals surface area contributed by atoms with E-state index in [0.29, 0.717) is 24.8 Å². The largest absolute Gasteiger partial charge is 0.507 e. The van der Waals surface area contributed by atoms with Crippen molar-refractivity contribution < 1.29 is 53.4 Å². The molecule has 1 saturated heterocycles. The van der Waals surface area contributed by atoms with Crippen LogP contribution in [0.25, 0.3) is 38.7 Å². The SMILES string of the molecule is CO[C@H]1/C=C\O[C@@]2(C)Oc3c(C)c(O)c4c(=O)c(c5oc6cc(N7CCN(C(C)C)CC7)cc(=O)c6nc5c4c3=C2O)NC(=O)/C(C)=C/C=C/[C@H](C)[C@H](O)[C@@H](C)[C@@H](O)[C@@H](C)[C@H](OC(C)=O)[C@@H]1C. The maximum Gasteiger partial charge on any atom is 0.307 e. The zero-order valence-corrected chi connectivity index (χ0v) is 39.9. The summed E-state index contributed by atoms with van der Waals surface area (Å²) in [6.07, 6.45) is 3.56. The van der Waals surface area contributed by atoms with E-state index in [1.54, 1.807) is 45.9 Å². The Morgan fingerprint density at radius 3 is 2.27 bits per heavy atom. The lowest BCUT2D eigenvalue weighted by Crippen LogP contribution is -2.49. The molecule has 360 valence electrons. The Labute approximate surface area is 387 Å². The van der Waals surface area contributed by atoms with Crippen molar-refractivity contribution in [1.82, 2.24) is 9.88 Å². The molecular weight excluding hydrogens is 865 g/mol. The molecule has 4 heterocycles. The van der Waals surface area contributed by atoms with Crippen LogP contribution >= 0.6 is 0 Å². The number of amides is 1. The number of allylic oxidation sites excluding steroid dienone is 2. The summed E-state index contributed by atoms with van der Waals surface area (Å²) < 4.78 is 30.5. The Morgan fingerprint density at radius 2 is 1.63 bits per heavy atom. The number of hydrogen-bond donors (Lipinski definition) is 5. The number of aromatic nitrogens is 1. The van der Waals surface area contributed by atoms with Gasteiger partial charge in [0.1, 0.15) is 28.8 Å². The molecule has 1 fully saturated rings. The molecule has 3 aromatic carbocycles. The topological polar surface area (TPSA) is 231 Å². The molecule has 7 rings (SSSR count). The zero-order valence-electron chi connectivity index (χ0n) is 39.9. The van der Waals surface area contributed by atoms with Crippen molar-refractivity contribution in [2.24, 2.45) is 23.7 Å². The van der Waals surface area contributed by atoms with Crippen LogP contribution in [0.15, 0.2) is 62.3 Å². The van der Waals surface area contributed by atoms with Crippen LogP contribution in [0, 0.1) is 30.6 Å². The molecule has 17 heteroatoms. The van der Waals surface area contributed by atoms with Gasteiger partial charge in [-0.05, 0) is 33.8 Å². The molecule has 0 saturated carbocycles. The standard InChI is InChI=1S/C50H62N4O13/c1-23(2)53-16-18-54(19-17-53)31-21-32(56)38-34(22-31)66-47-39(51-38)35-36-43(59)29(8)46-37(35)48(61)50(10,67-46)64-20-15-33(63-11)26(5)45(65-30(9)55)28(7)42(58)27(6)41(57)24(3)13-12-14-25(4)49(62)52-40(47)44(36)60/h12-15,20-24,26-28,33,41-42,45,57-59,61H,16-19H2,1-11H3,(H,52,62)/b13-12+,20-15-,25-14+/t24-,26+,27+,28+,33-,41-,42+,45+,50-/m0/s1. The number of benzene rings is 3. The molecule has 17 nitrogen and oxygen atoms in total. The highest BCUT2D eigenvalue weighted by molar-refractivity contribution is 6.16. The summed E-state index contributed by atoms with van der Waals surface area (Å²) in [5, 5.41) is 49.3. The number of rotatable bonds is 4. The van der Waals surface area contributed by atoms with Gasteiger partial charge in [-0.25, -0.2) is 4.98 Å². The normalized spacial score (nSPS) is 29.8. The highest BCUT2D eigenvalue weighted by atomic mass is 16.7. The minimum atomic E-state index is -1.98. The Hall–Kier alpha value is -6.01. The summed E-state index contributed by atoms with van der Waals surface area (Å²) in [6.45, 7) is 19.7. The second-order valence-corrected chi connectivity index (χ2v) is 18.7. The van der Waals surface area contributed by atoms with E-state index in [0.717, 1.165) is 13.1 Å². The van der Waals surface area contributed by atoms with E-state index in [2.05, 4.69) is 29.0 Å². The van der Waals surface area contributed by atoms with Gasteiger partial charge in [0.05, 0.1) is 35.2 Å². The number of phenolic OH excluding ortho intramolecular Hbond substituents is 1. The number of aromatic hydroxyl groups is 1. The van der Waals surface area contributed by atoms with Crippen molar-refractivity contribution in [3.05, 3.63) is 79.5 Å². The molecule has 4 bridgehead atoms. The predicted molar refractivity (Wildman–Crippen MR) is 254 cm³/mol. The first kappa shape index (κ1) is 48.9. The Kier molecular flexibility index (Phi) is 13.8. The molecule has 67 heavy (non-hydrogen) atoms. The van der Waals surface area contributed by atoms with Crippen LogP contribution in [0.5, 0.6) is 11.5 Å². The van der Waals surface area contributed by atoms with Crippen LogP contribution < -0.4 is 31.0 Å². The predicted octanol–water partition coefficient (Wildman–Crippen LogP) is 5.09. The number of nitrogens with zero attached hydrogens (tertiary/aromatic N) is 3. The number of piperazine rings is 1. The van der Waals surface area contributed by atoms with Gasteiger partial charge in [0, 0.05) is 111 Å². The van der Waals surface area contributed by atoms with Crippen molar-refractivity contribution in [3.8, 4) is 11.5 Å². The third kappa shape index (κ3) is 8.97. The number of hydrogen-bond acceptors (Lipinski definition) is 16. The molecule has 9 atom stereocenters. The summed E-state index contributed by atoms with van der Waals surface area (Å²) in [6, 6.07) is 3.50. The molecule has 0 unspecified atom stereocenters. The Morgan fingerprint density at radius 1 is 0.940 bits per heavy atom. The number of anilines is 2. The minimum Gasteiger partial charge on any atom is -0.507 e. The highest BCUT2D eigenvalue weighted by Crippen LogP contribution is 2.42. The number of methoxy groups -OCH3 is 1. The lowest BCUT2D eigenvalue weighted by atomic mass is 9.78. The van der Waals surface area contributed by atoms with E-state index >= 15 is 0 Å². The summed E-state index contributed by atoms with van der Waals surface area (Å²) in [5.41, 5.74) is -1.37. The number of fused-ring (bicyclic) bond motifs is 2. The van der Waals surface area contributed by atoms with Crippen LogP contribution in [0.2, 0.25) is 0 Å². The second-order valence-electron chi connectivity index (χ2n) is 18.7. The Balaban J connectivity index is 1.47. The second kappa shape index (κ2) is 18.9. The van der Waals surface area contributed by atoms with Gasteiger partial charge in [0.25, 0.3) is 5.91 Å². The average molecular weight is 927 g/mol. The average Bonchev–Trinajstić information content (AvgIpc) is 3.56. The Bertz CT molecular complexity index is 2880. The van der Waals surface area contributed by atoms with Crippen molar-refractivity contribution in [2.45, 2.75) is 105 Å². The van der Waals surface area contributed by atoms with Crippen LogP contribution in [-0.2, 0) is 23.8 Å². The zero-order chi connectivity index (χ0) is 49.0. The number of aliphatic hydroxyl groups excluding tert-OH is 3. The van der Waals surface area contributed by atoms with Gasteiger partial charge < -0.3 is 54.0 Å². The third-order valence-electron chi connectivity index (χ3n) is 13.8. The van der Waals surface area contributed by atoms with E-state index in [1.165, 1.54) is 59.3 Å².